The lowest BCUT2D eigenvalue weighted by Crippen LogP contribution is -2.19. The second-order valence-corrected chi connectivity index (χ2v) is 6.25. The van der Waals surface area contributed by atoms with Gasteiger partial charge < -0.3 is 10.6 Å². The lowest BCUT2D eigenvalue weighted by molar-refractivity contribution is 1.19. The average molecular weight is 353 g/mol. The molecule has 0 atom stereocenters. The number of anilines is 2. The van der Waals surface area contributed by atoms with Gasteiger partial charge in [-0.2, -0.15) is 0 Å². The van der Waals surface area contributed by atoms with Crippen LogP contribution in [-0.4, -0.2) is 5.11 Å². The normalized spacial score (nSPS) is 10.2. The summed E-state index contributed by atoms with van der Waals surface area (Å²) in [7, 11) is 0. The van der Waals surface area contributed by atoms with Gasteiger partial charge in [-0.25, -0.2) is 0 Å². The van der Waals surface area contributed by atoms with Gasteiger partial charge in [0.2, 0.25) is 0 Å². The minimum Gasteiger partial charge on any atom is -0.332 e. The molecule has 0 heterocycles. The molecule has 2 N–H and O–H groups in total. The molecule has 0 unspecified atom stereocenters. The number of nitrogens with one attached hydrogen (secondary N) is 2. The predicted octanol–water partition coefficient (Wildman–Crippen LogP) is 5.74. The van der Waals surface area contributed by atoms with Gasteiger partial charge in [0, 0.05) is 16.4 Å². The second kappa shape index (κ2) is 7.95. The smallest absolute Gasteiger partial charge is 0.175 e. The van der Waals surface area contributed by atoms with Gasteiger partial charge in [-0.15, -0.1) is 0 Å². The summed E-state index contributed by atoms with van der Waals surface area (Å²) in [5.41, 5.74) is 4.37. The van der Waals surface area contributed by atoms with Gasteiger partial charge in [-0.05, 0) is 60.1 Å². The third kappa shape index (κ3) is 4.57. The van der Waals surface area contributed by atoms with Crippen LogP contribution in [0.4, 0.5) is 11.4 Å². The first-order chi connectivity index (χ1) is 11.7. The van der Waals surface area contributed by atoms with Crippen LogP contribution in [-0.2, 0) is 6.42 Å². The molecule has 0 amide bonds. The number of halogens is 1. The predicted molar refractivity (Wildman–Crippen MR) is 107 cm³/mol. The first kappa shape index (κ1) is 16.5. The van der Waals surface area contributed by atoms with Crippen LogP contribution in [0.1, 0.15) is 11.1 Å². The first-order valence-electron chi connectivity index (χ1n) is 7.66. The highest BCUT2D eigenvalue weighted by atomic mass is 35.5. The molecule has 0 aromatic heterocycles. The van der Waals surface area contributed by atoms with E-state index in [9.17, 15) is 0 Å². The summed E-state index contributed by atoms with van der Waals surface area (Å²) >= 11 is 11.3. The van der Waals surface area contributed by atoms with Gasteiger partial charge in [0.1, 0.15) is 0 Å². The van der Waals surface area contributed by atoms with Crippen LogP contribution in [0, 0.1) is 0 Å². The zero-order valence-corrected chi connectivity index (χ0v) is 14.6. The Morgan fingerprint density at radius 1 is 0.792 bits per heavy atom. The van der Waals surface area contributed by atoms with E-state index >= 15 is 0 Å². The van der Waals surface area contributed by atoms with E-state index < -0.39 is 0 Å². The Kier molecular flexibility index (Phi) is 5.47. The number of hydrogen-bond donors (Lipinski definition) is 2. The molecule has 120 valence electrons. The highest BCUT2D eigenvalue weighted by molar-refractivity contribution is 7.80. The molecule has 0 radical (unpaired) electrons. The fourth-order valence-corrected chi connectivity index (χ4v) is 2.78. The monoisotopic (exact) mass is 352 g/mol. The molecule has 0 bridgehead atoms. The maximum absolute atomic E-state index is 5.90. The van der Waals surface area contributed by atoms with Crippen molar-refractivity contribution in [2.75, 3.05) is 10.6 Å². The van der Waals surface area contributed by atoms with Crippen LogP contribution in [0.25, 0.3) is 0 Å². The number of hydrogen-bond acceptors (Lipinski definition) is 1. The molecule has 0 spiro atoms. The van der Waals surface area contributed by atoms with Crippen molar-refractivity contribution in [3.05, 3.63) is 95.0 Å². The van der Waals surface area contributed by atoms with Crippen LogP contribution in [0.5, 0.6) is 0 Å². The standard InChI is InChI=1S/C20H17ClN2S/c21-17-10-12-18(13-11-17)22-20(24)23-19-9-5-4-8-16(19)14-15-6-2-1-3-7-15/h1-13H,14H2,(H2,22,23,24). The Morgan fingerprint density at radius 3 is 2.21 bits per heavy atom. The zero-order valence-electron chi connectivity index (χ0n) is 13.0. The number of benzene rings is 3. The third-order valence-electron chi connectivity index (χ3n) is 3.61. The highest BCUT2D eigenvalue weighted by Gasteiger charge is 2.05. The van der Waals surface area contributed by atoms with E-state index in [-0.39, 0.29) is 0 Å². The van der Waals surface area contributed by atoms with Gasteiger partial charge in [0.25, 0.3) is 0 Å². The second-order valence-electron chi connectivity index (χ2n) is 5.41. The van der Waals surface area contributed by atoms with E-state index in [1.54, 1.807) is 0 Å². The summed E-state index contributed by atoms with van der Waals surface area (Å²) in [5.74, 6) is 0. The van der Waals surface area contributed by atoms with Gasteiger partial charge in [-0.3, -0.25) is 0 Å². The van der Waals surface area contributed by atoms with Crippen molar-refractivity contribution in [3.8, 4) is 0 Å². The van der Waals surface area contributed by atoms with Crippen molar-refractivity contribution in [2.24, 2.45) is 0 Å². The van der Waals surface area contributed by atoms with Crippen LogP contribution in [0.15, 0.2) is 78.9 Å². The van der Waals surface area contributed by atoms with Crippen molar-refractivity contribution in [2.45, 2.75) is 6.42 Å². The molecule has 3 aromatic carbocycles. The Morgan fingerprint density at radius 2 is 1.46 bits per heavy atom. The van der Waals surface area contributed by atoms with Crippen LogP contribution < -0.4 is 10.6 Å². The molecule has 2 nitrogen and oxygen atoms in total. The fraction of sp³-hybridized carbons (Fsp3) is 0.0500. The van der Waals surface area contributed by atoms with Gasteiger partial charge >= 0.3 is 0 Å². The maximum Gasteiger partial charge on any atom is 0.175 e. The number of rotatable bonds is 4. The van der Waals surface area contributed by atoms with Gasteiger partial charge in [0.05, 0.1) is 0 Å². The molecule has 0 saturated heterocycles. The summed E-state index contributed by atoms with van der Waals surface area (Å²) < 4.78 is 0. The Hall–Kier alpha value is -2.36. The molecule has 4 heteroatoms. The molecule has 24 heavy (non-hydrogen) atoms. The molecule has 3 aromatic rings. The van der Waals surface area contributed by atoms with Gasteiger partial charge in [-0.1, -0.05) is 60.1 Å². The average Bonchev–Trinajstić information content (AvgIpc) is 2.60. The molecule has 0 aliphatic heterocycles. The molecular formula is C20H17ClN2S. The lowest BCUT2D eigenvalue weighted by atomic mass is 10.0. The molecule has 0 aliphatic rings. The van der Waals surface area contributed by atoms with Crippen molar-refractivity contribution >= 4 is 40.3 Å². The van der Waals surface area contributed by atoms with E-state index in [1.165, 1.54) is 11.1 Å². The fourth-order valence-electron chi connectivity index (χ4n) is 2.43. The minimum atomic E-state index is 0.554. The van der Waals surface area contributed by atoms with E-state index in [2.05, 4.69) is 41.0 Å². The van der Waals surface area contributed by atoms with Crippen molar-refractivity contribution in [3.63, 3.8) is 0 Å². The van der Waals surface area contributed by atoms with E-state index in [4.69, 9.17) is 23.8 Å². The van der Waals surface area contributed by atoms with Crippen LogP contribution in [0.2, 0.25) is 5.02 Å². The van der Waals surface area contributed by atoms with Crippen molar-refractivity contribution in [1.29, 1.82) is 0 Å². The summed E-state index contributed by atoms with van der Waals surface area (Å²) in [4.78, 5) is 0. The van der Waals surface area contributed by atoms with Gasteiger partial charge in [0.15, 0.2) is 5.11 Å². The quantitative estimate of drug-likeness (QED) is 0.585. The third-order valence-corrected chi connectivity index (χ3v) is 4.06. The van der Waals surface area contributed by atoms with E-state index in [1.807, 2.05) is 48.5 Å². The first-order valence-corrected chi connectivity index (χ1v) is 8.45. The molecule has 3 rings (SSSR count). The molecule has 0 fully saturated rings. The maximum atomic E-state index is 5.90. The van der Waals surface area contributed by atoms with Crippen LogP contribution in [0.3, 0.4) is 0 Å². The summed E-state index contributed by atoms with van der Waals surface area (Å²) in [6.07, 6.45) is 0.855. The van der Waals surface area contributed by atoms with Crippen LogP contribution >= 0.6 is 23.8 Å². The summed E-state index contributed by atoms with van der Waals surface area (Å²) in [5, 5.41) is 7.71. The summed E-state index contributed by atoms with van der Waals surface area (Å²) in [6.45, 7) is 0. The largest absolute Gasteiger partial charge is 0.332 e. The minimum absolute atomic E-state index is 0.554. The Bertz CT molecular complexity index is 817. The van der Waals surface area contributed by atoms with Crippen molar-refractivity contribution < 1.29 is 0 Å². The van der Waals surface area contributed by atoms with Crippen molar-refractivity contribution in [1.82, 2.24) is 0 Å². The SMILES string of the molecule is S=C(Nc1ccc(Cl)cc1)Nc1ccccc1Cc1ccccc1. The lowest BCUT2D eigenvalue weighted by Gasteiger charge is -2.14. The molecule has 0 aliphatic carbocycles. The topological polar surface area (TPSA) is 24.1 Å². The number of para-hydroxylation sites is 1. The Balaban J connectivity index is 1.70. The summed E-state index contributed by atoms with van der Waals surface area (Å²) in [6, 6.07) is 26.0. The highest BCUT2D eigenvalue weighted by Crippen LogP contribution is 2.20. The zero-order chi connectivity index (χ0) is 16.8. The van der Waals surface area contributed by atoms with E-state index in [0.717, 1.165) is 17.8 Å². The number of thiocarbonyl (C=S) groups is 1. The molecular weight excluding hydrogens is 336 g/mol. The Labute approximate surface area is 152 Å². The molecule has 0 saturated carbocycles. The van der Waals surface area contributed by atoms with E-state index in [0.29, 0.717) is 10.1 Å².